The Balaban J connectivity index is 2.16. The van der Waals surface area contributed by atoms with E-state index >= 15 is 0 Å². The molecule has 90 valence electrons. The molecule has 3 nitrogen and oxygen atoms in total. The lowest BCUT2D eigenvalue weighted by Crippen LogP contribution is -2.08. The van der Waals surface area contributed by atoms with E-state index in [2.05, 4.69) is 17.2 Å². The van der Waals surface area contributed by atoms with Crippen LogP contribution in [0.2, 0.25) is 0 Å². The average Bonchev–Trinajstić information content (AvgIpc) is 2.35. The Bertz CT molecular complexity index is 545. The molecule has 2 rings (SSSR count). The van der Waals surface area contributed by atoms with Gasteiger partial charge in [0.2, 0.25) is 0 Å². The number of unbranched alkanes of at least 4 members (excludes halogenated alkanes) is 2. The maximum atomic E-state index is 11.8. The van der Waals surface area contributed by atoms with E-state index in [1.165, 1.54) is 12.8 Å². The van der Waals surface area contributed by atoms with Crippen molar-refractivity contribution in [2.45, 2.75) is 26.2 Å². The van der Waals surface area contributed by atoms with Gasteiger partial charge in [-0.15, -0.1) is 0 Å². The molecular formula is C14H18N2O. The van der Waals surface area contributed by atoms with Gasteiger partial charge in [0.1, 0.15) is 5.82 Å². The molecule has 17 heavy (non-hydrogen) atoms. The molecule has 2 aromatic rings. The van der Waals surface area contributed by atoms with Gasteiger partial charge < -0.3 is 10.3 Å². The number of pyridine rings is 1. The number of aromatic nitrogens is 1. The maximum absolute atomic E-state index is 11.8. The molecule has 0 unspecified atom stereocenters. The molecular weight excluding hydrogens is 212 g/mol. The van der Waals surface area contributed by atoms with Gasteiger partial charge in [-0.1, -0.05) is 31.9 Å². The van der Waals surface area contributed by atoms with Crippen molar-refractivity contribution in [2.24, 2.45) is 0 Å². The van der Waals surface area contributed by atoms with E-state index in [1.54, 1.807) is 6.07 Å². The summed E-state index contributed by atoms with van der Waals surface area (Å²) in [7, 11) is 0. The SMILES string of the molecule is CCCCCNc1cc(=O)c2ccccc2[nH]1. The Kier molecular flexibility index (Phi) is 3.81. The van der Waals surface area contributed by atoms with E-state index in [9.17, 15) is 4.79 Å². The standard InChI is InChI=1S/C14H18N2O/c1-2-3-6-9-15-14-10-13(17)11-7-4-5-8-12(11)16-14/h4-5,7-8,10H,2-3,6,9H2,1H3,(H2,15,16,17). The van der Waals surface area contributed by atoms with Crippen molar-refractivity contribution in [3.63, 3.8) is 0 Å². The highest BCUT2D eigenvalue weighted by Crippen LogP contribution is 2.10. The third-order valence-corrected chi connectivity index (χ3v) is 2.83. The Morgan fingerprint density at radius 3 is 2.88 bits per heavy atom. The molecule has 0 aliphatic heterocycles. The summed E-state index contributed by atoms with van der Waals surface area (Å²) in [4.78, 5) is 15.1. The number of nitrogens with one attached hydrogen (secondary N) is 2. The average molecular weight is 230 g/mol. The van der Waals surface area contributed by atoms with Crippen LogP contribution in [0.5, 0.6) is 0 Å². The van der Waals surface area contributed by atoms with Crippen molar-refractivity contribution in [3.8, 4) is 0 Å². The number of benzene rings is 1. The highest BCUT2D eigenvalue weighted by molar-refractivity contribution is 5.79. The van der Waals surface area contributed by atoms with E-state index in [0.717, 1.165) is 29.7 Å². The first-order chi connectivity index (χ1) is 8.31. The van der Waals surface area contributed by atoms with E-state index in [4.69, 9.17) is 0 Å². The lowest BCUT2D eigenvalue weighted by molar-refractivity contribution is 0.742. The third-order valence-electron chi connectivity index (χ3n) is 2.83. The first kappa shape index (κ1) is 11.7. The molecule has 1 aromatic carbocycles. The highest BCUT2D eigenvalue weighted by atomic mass is 16.1. The van der Waals surface area contributed by atoms with E-state index in [-0.39, 0.29) is 5.43 Å². The van der Waals surface area contributed by atoms with Crippen LogP contribution in [0.15, 0.2) is 35.1 Å². The predicted molar refractivity (Wildman–Crippen MR) is 72.6 cm³/mol. The van der Waals surface area contributed by atoms with Crippen LogP contribution in [0.25, 0.3) is 10.9 Å². The molecule has 0 bridgehead atoms. The largest absolute Gasteiger partial charge is 0.372 e. The number of para-hydroxylation sites is 1. The molecule has 1 aromatic heterocycles. The zero-order chi connectivity index (χ0) is 12.1. The van der Waals surface area contributed by atoms with Crippen molar-refractivity contribution >= 4 is 16.7 Å². The number of H-pyrrole nitrogens is 1. The molecule has 0 atom stereocenters. The first-order valence-corrected chi connectivity index (χ1v) is 6.17. The summed E-state index contributed by atoms with van der Waals surface area (Å²) in [6.07, 6.45) is 3.55. The van der Waals surface area contributed by atoms with Gasteiger partial charge in [0.05, 0.1) is 5.52 Å². The Morgan fingerprint density at radius 1 is 1.24 bits per heavy atom. The number of fused-ring (bicyclic) bond motifs is 1. The molecule has 0 radical (unpaired) electrons. The Labute approximate surface area is 101 Å². The van der Waals surface area contributed by atoms with Crippen molar-refractivity contribution in [2.75, 3.05) is 11.9 Å². The lowest BCUT2D eigenvalue weighted by Gasteiger charge is -2.07. The molecule has 1 heterocycles. The van der Waals surface area contributed by atoms with Gasteiger partial charge in [-0.3, -0.25) is 4.79 Å². The van der Waals surface area contributed by atoms with Crippen LogP contribution < -0.4 is 10.7 Å². The monoisotopic (exact) mass is 230 g/mol. The topological polar surface area (TPSA) is 44.9 Å². The van der Waals surface area contributed by atoms with Crippen LogP contribution in [-0.2, 0) is 0 Å². The number of aromatic amines is 1. The van der Waals surface area contributed by atoms with Gasteiger partial charge in [0.25, 0.3) is 0 Å². The second-order valence-electron chi connectivity index (χ2n) is 4.23. The first-order valence-electron chi connectivity index (χ1n) is 6.17. The fourth-order valence-corrected chi connectivity index (χ4v) is 1.89. The van der Waals surface area contributed by atoms with Crippen LogP contribution in [0.1, 0.15) is 26.2 Å². The second kappa shape index (κ2) is 5.53. The Hall–Kier alpha value is -1.77. The van der Waals surface area contributed by atoms with Crippen LogP contribution in [-0.4, -0.2) is 11.5 Å². The minimum Gasteiger partial charge on any atom is -0.372 e. The molecule has 2 N–H and O–H groups in total. The minimum atomic E-state index is 0.0670. The van der Waals surface area contributed by atoms with E-state index < -0.39 is 0 Å². The molecule has 0 saturated carbocycles. The van der Waals surface area contributed by atoms with Gasteiger partial charge in [0, 0.05) is 18.0 Å². The zero-order valence-electron chi connectivity index (χ0n) is 10.1. The maximum Gasteiger partial charge on any atom is 0.191 e. The highest BCUT2D eigenvalue weighted by Gasteiger charge is 2.00. The van der Waals surface area contributed by atoms with Gasteiger partial charge in [-0.2, -0.15) is 0 Å². The van der Waals surface area contributed by atoms with Crippen LogP contribution in [0.4, 0.5) is 5.82 Å². The summed E-state index contributed by atoms with van der Waals surface area (Å²) in [5.41, 5.74) is 0.954. The van der Waals surface area contributed by atoms with Gasteiger partial charge in [0.15, 0.2) is 5.43 Å². The molecule has 0 saturated heterocycles. The molecule has 0 aliphatic rings. The quantitative estimate of drug-likeness (QED) is 0.775. The second-order valence-corrected chi connectivity index (χ2v) is 4.23. The van der Waals surface area contributed by atoms with E-state index in [1.807, 2.05) is 24.3 Å². The number of anilines is 1. The lowest BCUT2D eigenvalue weighted by atomic mass is 10.2. The summed E-state index contributed by atoms with van der Waals surface area (Å²) >= 11 is 0. The van der Waals surface area contributed by atoms with Crippen LogP contribution >= 0.6 is 0 Å². The number of hydrogen-bond acceptors (Lipinski definition) is 2. The van der Waals surface area contributed by atoms with Crippen LogP contribution in [0.3, 0.4) is 0 Å². The molecule has 3 heteroatoms. The van der Waals surface area contributed by atoms with Crippen molar-refractivity contribution in [3.05, 3.63) is 40.6 Å². The molecule has 0 amide bonds. The minimum absolute atomic E-state index is 0.0670. The summed E-state index contributed by atoms with van der Waals surface area (Å²) in [5.74, 6) is 0.810. The van der Waals surface area contributed by atoms with Gasteiger partial charge >= 0.3 is 0 Å². The number of hydrogen-bond donors (Lipinski definition) is 2. The van der Waals surface area contributed by atoms with E-state index in [0.29, 0.717) is 0 Å². The van der Waals surface area contributed by atoms with Crippen molar-refractivity contribution in [1.29, 1.82) is 0 Å². The normalized spacial score (nSPS) is 10.6. The van der Waals surface area contributed by atoms with Crippen molar-refractivity contribution < 1.29 is 0 Å². The zero-order valence-corrected chi connectivity index (χ0v) is 10.1. The molecule has 0 spiro atoms. The smallest absolute Gasteiger partial charge is 0.191 e. The summed E-state index contributed by atoms with van der Waals surface area (Å²) in [6, 6.07) is 9.21. The fourth-order valence-electron chi connectivity index (χ4n) is 1.89. The van der Waals surface area contributed by atoms with Crippen LogP contribution in [0, 0.1) is 0 Å². The third kappa shape index (κ3) is 2.87. The summed E-state index contributed by atoms with van der Waals surface area (Å²) < 4.78 is 0. The fraction of sp³-hybridized carbons (Fsp3) is 0.357. The van der Waals surface area contributed by atoms with Gasteiger partial charge in [-0.25, -0.2) is 0 Å². The number of rotatable bonds is 5. The van der Waals surface area contributed by atoms with Gasteiger partial charge in [-0.05, 0) is 18.6 Å². The predicted octanol–water partition coefficient (Wildman–Crippen LogP) is 3.13. The summed E-state index contributed by atoms with van der Waals surface area (Å²) in [6.45, 7) is 3.08. The molecule has 0 aliphatic carbocycles. The van der Waals surface area contributed by atoms with Crippen molar-refractivity contribution in [1.82, 2.24) is 4.98 Å². The Morgan fingerprint density at radius 2 is 2.06 bits per heavy atom. The molecule has 0 fully saturated rings. The summed E-state index contributed by atoms with van der Waals surface area (Å²) in [5, 5.41) is 4.00.